The van der Waals surface area contributed by atoms with Gasteiger partial charge in [-0.25, -0.2) is 0 Å². The molecule has 1 aromatic carbocycles. The molecule has 2 rings (SSSR count). The maximum Gasteiger partial charge on any atom is 0.222 e. The highest BCUT2D eigenvalue weighted by molar-refractivity contribution is 5.78. The maximum atomic E-state index is 11.7. The van der Waals surface area contributed by atoms with E-state index in [0.29, 0.717) is 6.42 Å². The highest BCUT2D eigenvalue weighted by Gasteiger charge is 2.23. The zero-order valence-electron chi connectivity index (χ0n) is 12.4. The molecule has 0 aromatic heterocycles. The van der Waals surface area contributed by atoms with E-state index >= 15 is 0 Å². The number of amides is 1. The lowest BCUT2D eigenvalue weighted by Crippen LogP contribution is -2.34. The van der Waals surface area contributed by atoms with Gasteiger partial charge in [0.1, 0.15) is 5.75 Å². The van der Waals surface area contributed by atoms with E-state index in [1.807, 2.05) is 24.1 Å². The monoisotopic (exact) mass is 276 g/mol. The lowest BCUT2D eigenvalue weighted by atomic mass is 10.1. The van der Waals surface area contributed by atoms with Crippen molar-refractivity contribution in [2.24, 2.45) is 0 Å². The summed E-state index contributed by atoms with van der Waals surface area (Å²) in [5.74, 6) is 1.18. The fourth-order valence-corrected chi connectivity index (χ4v) is 2.50. The summed E-state index contributed by atoms with van der Waals surface area (Å²) in [6, 6.07) is 8.33. The Morgan fingerprint density at radius 3 is 2.65 bits per heavy atom. The van der Waals surface area contributed by atoms with Crippen LogP contribution in [0.4, 0.5) is 0 Å². The lowest BCUT2D eigenvalue weighted by molar-refractivity contribution is -0.128. The Balaban J connectivity index is 1.98. The number of benzene rings is 1. The van der Waals surface area contributed by atoms with Crippen LogP contribution in [0, 0.1) is 0 Å². The van der Waals surface area contributed by atoms with Crippen molar-refractivity contribution in [2.45, 2.75) is 32.2 Å². The number of likely N-dealkylation sites (tertiary alicyclic amines) is 1. The molecule has 4 nitrogen and oxygen atoms in total. The Morgan fingerprint density at radius 2 is 2.10 bits per heavy atom. The first kappa shape index (κ1) is 14.9. The fourth-order valence-electron chi connectivity index (χ4n) is 2.50. The number of likely N-dealkylation sites (N-methyl/N-ethyl adjacent to an activating group) is 1. The Hall–Kier alpha value is -1.55. The molecule has 1 aliphatic rings. The number of nitrogens with zero attached hydrogens (tertiary/aromatic N) is 1. The van der Waals surface area contributed by atoms with Crippen LogP contribution >= 0.6 is 0 Å². The molecule has 20 heavy (non-hydrogen) atoms. The zero-order valence-corrected chi connectivity index (χ0v) is 12.4. The second-order valence-corrected chi connectivity index (χ2v) is 5.20. The largest absolute Gasteiger partial charge is 0.494 e. The van der Waals surface area contributed by atoms with Crippen molar-refractivity contribution in [1.29, 1.82) is 0 Å². The van der Waals surface area contributed by atoms with Crippen LogP contribution in [0.25, 0.3) is 0 Å². The molecule has 0 spiro atoms. The van der Waals surface area contributed by atoms with Gasteiger partial charge in [-0.3, -0.25) is 4.79 Å². The van der Waals surface area contributed by atoms with Crippen LogP contribution in [-0.2, 0) is 4.79 Å². The quantitative estimate of drug-likeness (QED) is 0.831. The third-order valence-electron chi connectivity index (χ3n) is 3.68. The summed E-state index contributed by atoms with van der Waals surface area (Å²) in [5, 5.41) is 3.29. The van der Waals surface area contributed by atoms with Crippen LogP contribution < -0.4 is 10.1 Å². The predicted molar refractivity (Wildman–Crippen MR) is 79.8 cm³/mol. The Morgan fingerprint density at radius 1 is 1.35 bits per heavy atom. The first-order valence-corrected chi connectivity index (χ1v) is 7.42. The molecule has 1 atom stereocenters. The summed E-state index contributed by atoms with van der Waals surface area (Å²) < 4.78 is 5.59. The lowest BCUT2D eigenvalue weighted by Gasteiger charge is -2.24. The van der Waals surface area contributed by atoms with Crippen molar-refractivity contribution < 1.29 is 9.53 Å². The standard InChI is InChI=1S/C16H24N2O2/c1-3-11-20-14-8-6-13(7-9-14)15(17-2)12-18-10-4-5-16(18)19/h6-9,15,17H,3-5,10-12H2,1-2H3. The average molecular weight is 276 g/mol. The second kappa shape index (κ2) is 7.29. The van der Waals surface area contributed by atoms with E-state index in [2.05, 4.69) is 24.4 Å². The van der Waals surface area contributed by atoms with E-state index in [0.717, 1.165) is 38.3 Å². The minimum absolute atomic E-state index is 0.178. The maximum absolute atomic E-state index is 11.7. The summed E-state index contributed by atoms with van der Waals surface area (Å²) in [5.41, 5.74) is 1.19. The van der Waals surface area contributed by atoms with Gasteiger partial charge in [0.25, 0.3) is 0 Å². The Bertz CT molecular complexity index is 431. The zero-order chi connectivity index (χ0) is 14.4. The number of ether oxygens (including phenoxy) is 1. The molecule has 1 unspecified atom stereocenters. The third-order valence-corrected chi connectivity index (χ3v) is 3.68. The van der Waals surface area contributed by atoms with E-state index in [1.54, 1.807) is 0 Å². The van der Waals surface area contributed by atoms with Crippen LogP contribution in [-0.4, -0.2) is 37.6 Å². The second-order valence-electron chi connectivity index (χ2n) is 5.20. The number of rotatable bonds is 7. The van der Waals surface area contributed by atoms with Gasteiger partial charge in [0.15, 0.2) is 0 Å². The smallest absolute Gasteiger partial charge is 0.222 e. The van der Waals surface area contributed by atoms with Crippen molar-refractivity contribution in [3.8, 4) is 5.75 Å². The molecular weight excluding hydrogens is 252 g/mol. The van der Waals surface area contributed by atoms with Crippen LogP contribution in [0.5, 0.6) is 5.75 Å². The summed E-state index contributed by atoms with van der Waals surface area (Å²) in [6.45, 7) is 4.47. The average Bonchev–Trinajstić information content (AvgIpc) is 2.88. The van der Waals surface area contributed by atoms with Crippen LogP contribution in [0.1, 0.15) is 37.8 Å². The van der Waals surface area contributed by atoms with E-state index in [-0.39, 0.29) is 11.9 Å². The molecule has 1 aliphatic heterocycles. The van der Waals surface area contributed by atoms with Crippen molar-refractivity contribution in [1.82, 2.24) is 10.2 Å². The molecule has 1 N–H and O–H groups in total. The molecule has 1 saturated heterocycles. The highest BCUT2D eigenvalue weighted by atomic mass is 16.5. The number of carbonyl (C=O) groups is 1. The van der Waals surface area contributed by atoms with Gasteiger partial charge in [-0.05, 0) is 37.6 Å². The van der Waals surface area contributed by atoms with Gasteiger partial charge < -0.3 is 15.0 Å². The minimum Gasteiger partial charge on any atom is -0.494 e. The van der Waals surface area contributed by atoms with Gasteiger partial charge >= 0.3 is 0 Å². The molecule has 1 fully saturated rings. The van der Waals surface area contributed by atoms with Crippen molar-refractivity contribution >= 4 is 5.91 Å². The minimum atomic E-state index is 0.178. The van der Waals surface area contributed by atoms with Gasteiger partial charge in [0.2, 0.25) is 5.91 Å². The Kier molecular flexibility index (Phi) is 5.41. The number of carbonyl (C=O) groups excluding carboxylic acids is 1. The topological polar surface area (TPSA) is 41.6 Å². The number of hydrogen-bond donors (Lipinski definition) is 1. The van der Waals surface area contributed by atoms with Gasteiger partial charge in [-0.15, -0.1) is 0 Å². The van der Waals surface area contributed by atoms with E-state index < -0.39 is 0 Å². The van der Waals surface area contributed by atoms with Gasteiger partial charge in [-0.1, -0.05) is 19.1 Å². The molecule has 110 valence electrons. The van der Waals surface area contributed by atoms with E-state index in [9.17, 15) is 4.79 Å². The number of nitrogens with one attached hydrogen (secondary N) is 1. The predicted octanol–water partition coefficient (Wildman–Crippen LogP) is 2.36. The molecule has 0 aliphatic carbocycles. The van der Waals surface area contributed by atoms with E-state index in [4.69, 9.17) is 4.74 Å². The third kappa shape index (κ3) is 3.73. The van der Waals surface area contributed by atoms with Gasteiger partial charge in [0, 0.05) is 25.6 Å². The van der Waals surface area contributed by atoms with Gasteiger partial charge in [-0.2, -0.15) is 0 Å². The molecule has 0 saturated carbocycles. The first-order chi connectivity index (χ1) is 9.74. The number of hydrogen-bond acceptors (Lipinski definition) is 3. The highest BCUT2D eigenvalue weighted by Crippen LogP contribution is 2.21. The Labute approximate surface area is 121 Å². The molecule has 1 aromatic rings. The van der Waals surface area contributed by atoms with Gasteiger partial charge in [0.05, 0.1) is 6.61 Å². The molecule has 1 amide bonds. The molecular formula is C16H24N2O2. The first-order valence-electron chi connectivity index (χ1n) is 7.42. The normalized spacial score (nSPS) is 16.5. The summed E-state index contributed by atoms with van der Waals surface area (Å²) in [6.07, 6.45) is 2.69. The molecule has 0 radical (unpaired) electrons. The van der Waals surface area contributed by atoms with Crippen molar-refractivity contribution in [3.05, 3.63) is 29.8 Å². The fraction of sp³-hybridized carbons (Fsp3) is 0.562. The summed E-state index contributed by atoms with van der Waals surface area (Å²) in [4.78, 5) is 13.7. The van der Waals surface area contributed by atoms with Crippen LogP contribution in [0.3, 0.4) is 0 Å². The SMILES string of the molecule is CCCOc1ccc(C(CN2CCCC2=O)NC)cc1. The molecule has 0 bridgehead atoms. The summed E-state index contributed by atoms with van der Waals surface area (Å²) >= 11 is 0. The van der Waals surface area contributed by atoms with Crippen LogP contribution in [0.15, 0.2) is 24.3 Å². The van der Waals surface area contributed by atoms with E-state index in [1.165, 1.54) is 5.56 Å². The van der Waals surface area contributed by atoms with Crippen molar-refractivity contribution in [3.63, 3.8) is 0 Å². The summed E-state index contributed by atoms with van der Waals surface area (Å²) in [7, 11) is 1.94. The molecule has 4 heteroatoms. The van der Waals surface area contributed by atoms with Crippen LogP contribution in [0.2, 0.25) is 0 Å². The molecule has 1 heterocycles. The van der Waals surface area contributed by atoms with Crippen molar-refractivity contribution in [2.75, 3.05) is 26.7 Å².